The van der Waals surface area contributed by atoms with Gasteiger partial charge < -0.3 is 5.73 Å². The van der Waals surface area contributed by atoms with Crippen LogP contribution in [-0.4, -0.2) is 14.6 Å². The molecule has 11 heavy (non-hydrogen) atoms. The molecule has 1 fully saturated rings. The second-order valence-corrected chi connectivity index (χ2v) is 9.67. The van der Waals surface area contributed by atoms with Crippen molar-refractivity contribution in [3.63, 3.8) is 0 Å². The molecule has 0 radical (unpaired) electrons. The van der Waals surface area contributed by atoms with E-state index in [0.29, 0.717) is 0 Å². The van der Waals surface area contributed by atoms with E-state index in [2.05, 4.69) is 13.1 Å². The quantitative estimate of drug-likeness (QED) is 0.637. The summed E-state index contributed by atoms with van der Waals surface area (Å²) in [7, 11) is -0.704. The van der Waals surface area contributed by atoms with E-state index in [4.69, 9.17) is 5.73 Å². The van der Waals surface area contributed by atoms with Crippen molar-refractivity contribution in [3.8, 4) is 0 Å². The van der Waals surface area contributed by atoms with Crippen LogP contribution in [0.2, 0.25) is 25.2 Å². The van der Waals surface area contributed by atoms with Crippen LogP contribution in [0, 0.1) is 5.92 Å². The van der Waals surface area contributed by atoms with E-state index in [1.807, 2.05) is 0 Å². The first-order valence-corrected chi connectivity index (χ1v) is 7.75. The van der Waals surface area contributed by atoms with Crippen LogP contribution in [-0.2, 0) is 0 Å². The van der Waals surface area contributed by atoms with Gasteiger partial charge in [-0.15, -0.1) is 12.4 Å². The summed E-state index contributed by atoms with van der Waals surface area (Å²) >= 11 is 0. The van der Waals surface area contributed by atoms with Gasteiger partial charge >= 0.3 is 0 Å². The van der Waals surface area contributed by atoms with Crippen LogP contribution in [0.1, 0.15) is 12.8 Å². The first-order chi connectivity index (χ1) is 4.64. The molecule has 0 amide bonds. The molecule has 1 saturated heterocycles. The van der Waals surface area contributed by atoms with Gasteiger partial charge in [0.05, 0.1) is 0 Å². The molecule has 1 rings (SSSR count). The van der Waals surface area contributed by atoms with Crippen molar-refractivity contribution >= 4 is 20.5 Å². The zero-order valence-electron chi connectivity index (χ0n) is 7.60. The summed E-state index contributed by atoms with van der Waals surface area (Å²) in [6, 6.07) is 3.02. The van der Waals surface area contributed by atoms with Crippen molar-refractivity contribution in [2.75, 3.05) is 6.54 Å². The average molecular weight is 194 g/mol. The minimum absolute atomic E-state index is 0. The summed E-state index contributed by atoms with van der Waals surface area (Å²) in [5, 5.41) is 0. The molecule has 3 heteroatoms. The molecule has 1 aliphatic rings. The average Bonchev–Trinajstić information content (AvgIpc) is 1.88. The van der Waals surface area contributed by atoms with Crippen molar-refractivity contribution in [1.82, 2.24) is 0 Å². The molecule has 0 aromatic rings. The molecule has 0 saturated carbocycles. The Bertz CT molecular complexity index is 107. The van der Waals surface area contributed by atoms with Gasteiger partial charge in [0.2, 0.25) is 0 Å². The Hall–Kier alpha value is 0.467. The van der Waals surface area contributed by atoms with Gasteiger partial charge in [-0.2, -0.15) is 0 Å². The molecule has 1 nitrogen and oxygen atoms in total. The highest BCUT2D eigenvalue weighted by Gasteiger charge is 2.27. The minimum Gasteiger partial charge on any atom is -0.330 e. The van der Waals surface area contributed by atoms with Gasteiger partial charge in [-0.3, -0.25) is 0 Å². The van der Waals surface area contributed by atoms with Crippen molar-refractivity contribution in [3.05, 3.63) is 0 Å². The van der Waals surface area contributed by atoms with Crippen LogP contribution in [0.3, 0.4) is 0 Å². The minimum atomic E-state index is -0.704. The Kier molecular flexibility index (Phi) is 4.67. The maximum absolute atomic E-state index is 5.61. The third-order valence-electron chi connectivity index (χ3n) is 2.79. The van der Waals surface area contributed by atoms with Crippen molar-refractivity contribution < 1.29 is 0 Å². The van der Waals surface area contributed by atoms with Gasteiger partial charge in [-0.05, 0) is 12.5 Å². The second kappa shape index (κ2) is 4.48. The summed E-state index contributed by atoms with van der Waals surface area (Å²) in [4.78, 5) is 0. The van der Waals surface area contributed by atoms with Gasteiger partial charge in [0.25, 0.3) is 0 Å². The van der Waals surface area contributed by atoms with Crippen molar-refractivity contribution in [1.29, 1.82) is 0 Å². The Labute approximate surface area is 77.2 Å². The van der Waals surface area contributed by atoms with E-state index in [-0.39, 0.29) is 12.4 Å². The fraction of sp³-hybridized carbons (Fsp3) is 1.00. The number of halogens is 1. The summed E-state index contributed by atoms with van der Waals surface area (Å²) in [5.41, 5.74) is 5.61. The van der Waals surface area contributed by atoms with Crippen LogP contribution in [0.5, 0.6) is 0 Å². The fourth-order valence-corrected chi connectivity index (χ4v) is 4.32. The van der Waals surface area contributed by atoms with Crippen LogP contribution < -0.4 is 5.73 Å². The highest BCUT2D eigenvalue weighted by molar-refractivity contribution is 6.77. The van der Waals surface area contributed by atoms with Crippen LogP contribution in [0.4, 0.5) is 0 Å². The molecular formula is C8H20ClNSi. The monoisotopic (exact) mass is 193 g/mol. The lowest BCUT2D eigenvalue weighted by Crippen LogP contribution is -2.33. The Balaban J connectivity index is 0.000001000. The second-order valence-electron chi connectivity index (χ2n) is 4.34. The van der Waals surface area contributed by atoms with E-state index in [1.165, 1.54) is 24.9 Å². The highest BCUT2D eigenvalue weighted by atomic mass is 35.5. The molecule has 0 unspecified atom stereocenters. The van der Waals surface area contributed by atoms with Gasteiger partial charge in [0.1, 0.15) is 0 Å². The molecule has 0 aromatic heterocycles. The van der Waals surface area contributed by atoms with E-state index in [1.54, 1.807) is 0 Å². The van der Waals surface area contributed by atoms with Crippen LogP contribution >= 0.6 is 12.4 Å². The number of nitrogens with two attached hydrogens (primary N) is 1. The van der Waals surface area contributed by atoms with E-state index < -0.39 is 8.07 Å². The predicted molar refractivity (Wildman–Crippen MR) is 56.1 cm³/mol. The van der Waals surface area contributed by atoms with E-state index >= 15 is 0 Å². The molecule has 0 aliphatic carbocycles. The molecule has 2 N–H and O–H groups in total. The first-order valence-electron chi connectivity index (χ1n) is 4.34. The van der Waals surface area contributed by atoms with E-state index in [0.717, 1.165) is 12.5 Å². The van der Waals surface area contributed by atoms with Crippen molar-refractivity contribution in [2.24, 2.45) is 11.7 Å². The smallest absolute Gasteiger partial charge is 0.0473 e. The summed E-state index contributed by atoms with van der Waals surface area (Å²) in [5.74, 6) is 0.862. The van der Waals surface area contributed by atoms with Crippen molar-refractivity contribution in [2.45, 2.75) is 38.0 Å². The molecule has 1 heterocycles. The Morgan fingerprint density at radius 1 is 1.27 bits per heavy atom. The molecule has 0 atom stereocenters. The normalized spacial score (nSPS) is 24.3. The zero-order valence-corrected chi connectivity index (χ0v) is 9.41. The molecule has 0 aromatic carbocycles. The van der Waals surface area contributed by atoms with Gasteiger partial charge in [-0.25, -0.2) is 0 Å². The maximum atomic E-state index is 5.61. The molecule has 68 valence electrons. The third-order valence-corrected chi connectivity index (χ3v) is 6.08. The predicted octanol–water partition coefficient (Wildman–Crippen LogP) is 2.49. The highest BCUT2D eigenvalue weighted by Crippen LogP contribution is 2.31. The summed E-state index contributed by atoms with van der Waals surface area (Å²) in [6.07, 6.45) is 2.82. The lowest BCUT2D eigenvalue weighted by Gasteiger charge is -2.31. The molecule has 0 bridgehead atoms. The number of hydrogen-bond donors (Lipinski definition) is 1. The molecule has 0 spiro atoms. The van der Waals surface area contributed by atoms with Gasteiger partial charge in [0, 0.05) is 8.07 Å². The third kappa shape index (κ3) is 3.59. The van der Waals surface area contributed by atoms with Crippen LogP contribution in [0.15, 0.2) is 0 Å². The summed E-state index contributed by atoms with van der Waals surface area (Å²) in [6.45, 7) is 5.92. The molecular weight excluding hydrogens is 174 g/mol. The standard InChI is InChI=1S/C8H19NSi.ClH/c1-10(2)5-3-8(7-9)4-6-10;/h8H,3-7,9H2,1-2H3;1H. The Morgan fingerprint density at radius 3 is 2.09 bits per heavy atom. The maximum Gasteiger partial charge on any atom is 0.0473 e. The summed E-state index contributed by atoms with van der Waals surface area (Å²) < 4.78 is 0. The SMILES string of the molecule is C[Si]1(C)CCC(CN)CC1.Cl. The largest absolute Gasteiger partial charge is 0.330 e. The van der Waals surface area contributed by atoms with Gasteiger partial charge in [-0.1, -0.05) is 38.0 Å². The number of hydrogen-bond acceptors (Lipinski definition) is 1. The fourth-order valence-electron chi connectivity index (χ4n) is 1.69. The zero-order chi connectivity index (χ0) is 7.61. The van der Waals surface area contributed by atoms with E-state index in [9.17, 15) is 0 Å². The lowest BCUT2D eigenvalue weighted by atomic mass is 10.0. The van der Waals surface area contributed by atoms with Crippen LogP contribution in [0.25, 0.3) is 0 Å². The number of rotatable bonds is 1. The topological polar surface area (TPSA) is 26.0 Å². The molecule has 1 aliphatic heterocycles. The first kappa shape index (κ1) is 11.5. The Morgan fingerprint density at radius 2 is 1.73 bits per heavy atom. The van der Waals surface area contributed by atoms with Gasteiger partial charge in [0.15, 0.2) is 0 Å². The lowest BCUT2D eigenvalue weighted by molar-refractivity contribution is 0.478.